The third-order valence-corrected chi connectivity index (χ3v) is 4.16. The molecule has 1 heterocycles. The molecule has 1 atom stereocenters. The highest BCUT2D eigenvalue weighted by atomic mass is 16.5. The molecule has 0 radical (unpaired) electrons. The largest absolute Gasteiger partial charge is 0.496 e. The average Bonchev–Trinajstić information content (AvgIpc) is 2.91. The van der Waals surface area contributed by atoms with Gasteiger partial charge in [-0.05, 0) is 19.8 Å². The number of ether oxygens (including phenoxy) is 3. The summed E-state index contributed by atoms with van der Waals surface area (Å²) in [4.78, 5) is 11.9. The van der Waals surface area contributed by atoms with Crippen LogP contribution in [0.4, 0.5) is 0 Å². The molecule has 1 aliphatic carbocycles. The number of benzene rings is 1. The van der Waals surface area contributed by atoms with Crippen LogP contribution in [0.3, 0.4) is 0 Å². The molecule has 0 saturated carbocycles. The van der Waals surface area contributed by atoms with Crippen molar-refractivity contribution in [2.24, 2.45) is 5.92 Å². The molecular weight excluding hydrogens is 284 g/mol. The molecule has 0 N–H and O–H groups in total. The molecule has 118 valence electrons. The first-order chi connectivity index (χ1) is 10.7. The number of hydrogen-bond acceptors (Lipinski definition) is 5. The fourth-order valence-electron chi connectivity index (χ4n) is 3.09. The molecule has 0 bridgehead atoms. The van der Waals surface area contributed by atoms with E-state index in [-0.39, 0.29) is 11.9 Å². The average molecular weight is 304 g/mol. The number of carbonyl (C=O) groups excluding carboxylic acids is 1. The van der Waals surface area contributed by atoms with Crippen molar-refractivity contribution in [1.29, 1.82) is 0 Å². The van der Waals surface area contributed by atoms with E-state index in [2.05, 4.69) is 0 Å². The minimum Gasteiger partial charge on any atom is -0.496 e. The second kappa shape index (κ2) is 5.91. The molecule has 3 rings (SSSR count). The van der Waals surface area contributed by atoms with Crippen molar-refractivity contribution in [2.75, 3.05) is 20.8 Å². The SMILES string of the molecule is CCOC(=O)C1CCc2c(oc3cc(OC)cc(OC)c23)C1. The summed E-state index contributed by atoms with van der Waals surface area (Å²) in [6.45, 7) is 2.23. The zero-order valence-electron chi connectivity index (χ0n) is 13.1. The van der Waals surface area contributed by atoms with E-state index in [0.29, 0.717) is 18.8 Å². The van der Waals surface area contributed by atoms with E-state index in [4.69, 9.17) is 18.6 Å². The molecule has 0 fully saturated rings. The molecule has 2 aromatic rings. The van der Waals surface area contributed by atoms with Crippen LogP contribution < -0.4 is 9.47 Å². The molecular formula is C17H20O5. The van der Waals surface area contributed by atoms with E-state index in [1.165, 1.54) is 0 Å². The number of hydrogen-bond donors (Lipinski definition) is 0. The van der Waals surface area contributed by atoms with Gasteiger partial charge in [-0.15, -0.1) is 0 Å². The van der Waals surface area contributed by atoms with Crippen LogP contribution in [0.25, 0.3) is 11.0 Å². The summed E-state index contributed by atoms with van der Waals surface area (Å²) >= 11 is 0. The van der Waals surface area contributed by atoms with Gasteiger partial charge < -0.3 is 18.6 Å². The number of furan rings is 1. The van der Waals surface area contributed by atoms with Crippen molar-refractivity contribution >= 4 is 16.9 Å². The molecule has 1 aliphatic rings. The standard InChI is InChI=1S/C17H20O5/c1-4-21-17(18)10-5-6-12-13(7-10)22-15-9-11(19-2)8-14(20-3)16(12)15/h8-10H,4-7H2,1-3H3. The van der Waals surface area contributed by atoms with E-state index in [9.17, 15) is 4.79 Å². The summed E-state index contributed by atoms with van der Waals surface area (Å²) in [6.07, 6.45) is 2.14. The van der Waals surface area contributed by atoms with Crippen LogP contribution in [0, 0.1) is 5.92 Å². The van der Waals surface area contributed by atoms with Crippen molar-refractivity contribution < 1.29 is 23.4 Å². The highest BCUT2D eigenvalue weighted by Crippen LogP contribution is 2.41. The summed E-state index contributed by atoms with van der Waals surface area (Å²) in [7, 11) is 3.25. The molecule has 0 saturated heterocycles. The highest BCUT2D eigenvalue weighted by molar-refractivity contribution is 5.90. The van der Waals surface area contributed by atoms with Crippen LogP contribution in [0.5, 0.6) is 11.5 Å². The first-order valence-electron chi connectivity index (χ1n) is 7.50. The molecule has 22 heavy (non-hydrogen) atoms. The van der Waals surface area contributed by atoms with E-state index >= 15 is 0 Å². The molecule has 1 unspecified atom stereocenters. The predicted molar refractivity (Wildman–Crippen MR) is 81.5 cm³/mol. The minimum absolute atomic E-state index is 0.124. The summed E-state index contributed by atoms with van der Waals surface area (Å²) in [5.41, 5.74) is 1.88. The Labute approximate surface area is 129 Å². The van der Waals surface area contributed by atoms with Crippen molar-refractivity contribution in [3.05, 3.63) is 23.5 Å². The number of rotatable bonds is 4. The smallest absolute Gasteiger partial charge is 0.309 e. The lowest BCUT2D eigenvalue weighted by molar-refractivity contribution is -0.148. The Balaban J connectivity index is 2.01. The molecule has 5 nitrogen and oxygen atoms in total. The van der Waals surface area contributed by atoms with E-state index in [0.717, 1.165) is 40.9 Å². The van der Waals surface area contributed by atoms with Crippen LogP contribution in [0.2, 0.25) is 0 Å². The quantitative estimate of drug-likeness (QED) is 0.812. The van der Waals surface area contributed by atoms with Gasteiger partial charge in [-0.3, -0.25) is 4.79 Å². The maximum absolute atomic E-state index is 11.9. The first-order valence-corrected chi connectivity index (χ1v) is 7.50. The zero-order chi connectivity index (χ0) is 15.7. The highest BCUT2D eigenvalue weighted by Gasteiger charge is 2.31. The van der Waals surface area contributed by atoms with Crippen molar-refractivity contribution in [3.8, 4) is 11.5 Å². The van der Waals surface area contributed by atoms with Gasteiger partial charge in [0.1, 0.15) is 22.8 Å². The van der Waals surface area contributed by atoms with Gasteiger partial charge in [0.25, 0.3) is 0 Å². The third-order valence-electron chi connectivity index (χ3n) is 4.16. The molecule has 0 spiro atoms. The van der Waals surface area contributed by atoms with E-state index in [1.807, 2.05) is 19.1 Å². The van der Waals surface area contributed by atoms with Gasteiger partial charge in [0, 0.05) is 24.1 Å². The Morgan fingerprint density at radius 2 is 2.14 bits per heavy atom. The van der Waals surface area contributed by atoms with Crippen molar-refractivity contribution in [2.45, 2.75) is 26.2 Å². The van der Waals surface area contributed by atoms with Crippen LogP contribution in [-0.4, -0.2) is 26.8 Å². The topological polar surface area (TPSA) is 57.9 Å². The Hall–Kier alpha value is -2.17. The van der Waals surface area contributed by atoms with E-state index < -0.39 is 0 Å². The lowest BCUT2D eigenvalue weighted by Gasteiger charge is -2.19. The van der Waals surface area contributed by atoms with Crippen LogP contribution in [0.1, 0.15) is 24.7 Å². The number of carbonyl (C=O) groups is 1. The lowest BCUT2D eigenvalue weighted by atomic mass is 9.87. The van der Waals surface area contributed by atoms with Crippen LogP contribution >= 0.6 is 0 Å². The molecule has 1 aromatic carbocycles. The summed E-state index contributed by atoms with van der Waals surface area (Å²) in [5, 5.41) is 0.987. The zero-order valence-corrected chi connectivity index (χ0v) is 13.1. The monoisotopic (exact) mass is 304 g/mol. The van der Waals surface area contributed by atoms with E-state index in [1.54, 1.807) is 14.2 Å². The Kier molecular flexibility index (Phi) is 3.96. The minimum atomic E-state index is -0.141. The lowest BCUT2D eigenvalue weighted by Crippen LogP contribution is -2.24. The Morgan fingerprint density at radius 1 is 1.32 bits per heavy atom. The summed E-state index contributed by atoms with van der Waals surface area (Å²) in [6, 6.07) is 3.71. The van der Waals surface area contributed by atoms with Gasteiger partial charge in [-0.1, -0.05) is 0 Å². The van der Waals surface area contributed by atoms with Crippen molar-refractivity contribution in [3.63, 3.8) is 0 Å². The summed E-state index contributed by atoms with van der Waals surface area (Å²) in [5.74, 6) is 2.02. The third kappa shape index (κ3) is 2.40. The fourth-order valence-corrected chi connectivity index (χ4v) is 3.09. The number of aryl methyl sites for hydroxylation is 1. The molecule has 5 heteroatoms. The Bertz CT molecular complexity index is 701. The predicted octanol–water partition coefficient (Wildman–Crippen LogP) is 3.12. The first kappa shape index (κ1) is 14.8. The van der Waals surface area contributed by atoms with Gasteiger partial charge in [0.15, 0.2) is 0 Å². The Morgan fingerprint density at radius 3 is 2.82 bits per heavy atom. The molecule has 0 amide bonds. The van der Waals surface area contributed by atoms with Crippen LogP contribution in [-0.2, 0) is 22.4 Å². The van der Waals surface area contributed by atoms with Gasteiger partial charge in [-0.25, -0.2) is 0 Å². The second-order valence-corrected chi connectivity index (χ2v) is 5.40. The molecule has 0 aliphatic heterocycles. The van der Waals surface area contributed by atoms with Crippen LogP contribution in [0.15, 0.2) is 16.5 Å². The normalized spacial score (nSPS) is 17.1. The maximum atomic E-state index is 11.9. The van der Waals surface area contributed by atoms with Gasteiger partial charge >= 0.3 is 5.97 Å². The van der Waals surface area contributed by atoms with Crippen molar-refractivity contribution in [1.82, 2.24) is 0 Å². The maximum Gasteiger partial charge on any atom is 0.309 e. The van der Waals surface area contributed by atoms with Gasteiger partial charge in [0.2, 0.25) is 0 Å². The van der Waals surface area contributed by atoms with Gasteiger partial charge in [0.05, 0.1) is 32.1 Å². The van der Waals surface area contributed by atoms with Gasteiger partial charge in [-0.2, -0.15) is 0 Å². The number of fused-ring (bicyclic) bond motifs is 3. The second-order valence-electron chi connectivity index (χ2n) is 5.40. The number of methoxy groups -OCH3 is 2. The fraction of sp³-hybridized carbons (Fsp3) is 0.471. The summed E-state index contributed by atoms with van der Waals surface area (Å²) < 4.78 is 21.8. The number of esters is 1. The molecule has 1 aromatic heterocycles.